The zero-order valence-electron chi connectivity index (χ0n) is 11.0. The first-order chi connectivity index (χ1) is 9.31. The van der Waals surface area contributed by atoms with Crippen LogP contribution in [0.2, 0.25) is 0 Å². The molecule has 2 N–H and O–H groups in total. The number of rotatable bonds is 6. The summed E-state index contributed by atoms with van der Waals surface area (Å²) in [6.07, 6.45) is 5.29. The van der Waals surface area contributed by atoms with Crippen LogP contribution in [0.15, 0.2) is 34.9 Å². The summed E-state index contributed by atoms with van der Waals surface area (Å²) in [6, 6.07) is 10.2. The number of hydrogen-bond acceptors (Lipinski definition) is 4. The standard InChI is InChI=1S/C15H19N3O/c16-13(9-8-11-4-2-1-3-5-11)15-17-14(18-19-15)10-12-6-7-12/h1-5,12-13H,6-10,16H2. The van der Waals surface area contributed by atoms with E-state index < -0.39 is 0 Å². The Balaban J connectivity index is 1.54. The first-order valence-corrected chi connectivity index (χ1v) is 6.93. The highest BCUT2D eigenvalue weighted by Crippen LogP contribution is 2.31. The van der Waals surface area contributed by atoms with Crippen molar-refractivity contribution in [1.29, 1.82) is 0 Å². The predicted octanol–water partition coefficient (Wildman–Crippen LogP) is 2.65. The van der Waals surface area contributed by atoms with Crippen molar-refractivity contribution in [3.05, 3.63) is 47.6 Å². The maximum atomic E-state index is 6.11. The highest BCUT2D eigenvalue weighted by atomic mass is 16.5. The van der Waals surface area contributed by atoms with Crippen molar-refractivity contribution in [3.8, 4) is 0 Å². The lowest BCUT2D eigenvalue weighted by Gasteiger charge is -2.06. The molecule has 1 aromatic heterocycles. The van der Waals surface area contributed by atoms with E-state index >= 15 is 0 Å². The molecule has 1 aliphatic rings. The minimum Gasteiger partial charge on any atom is -0.338 e. The van der Waals surface area contributed by atoms with Gasteiger partial charge in [-0.2, -0.15) is 4.98 Å². The van der Waals surface area contributed by atoms with E-state index in [4.69, 9.17) is 10.3 Å². The zero-order chi connectivity index (χ0) is 13.1. The molecule has 0 spiro atoms. The van der Waals surface area contributed by atoms with E-state index in [9.17, 15) is 0 Å². The van der Waals surface area contributed by atoms with Crippen LogP contribution in [-0.4, -0.2) is 10.1 Å². The van der Waals surface area contributed by atoms with Crippen molar-refractivity contribution in [3.63, 3.8) is 0 Å². The topological polar surface area (TPSA) is 64.9 Å². The highest BCUT2D eigenvalue weighted by molar-refractivity contribution is 5.15. The van der Waals surface area contributed by atoms with Gasteiger partial charge in [0.2, 0.25) is 5.89 Å². The molecule has 1 unspecified atom stereocenters. The molecule has 3 rings (SSSR count). The summed E-state index contributed by atoms with van der Waals surface area (Å²) in [4.78, 5) is 4.40. The molecule has 19 heavy (non-hydrogen) atoms. The second kappa shape index (κ2) is 5.53. The fourth-order valence-electron chi connectivity index (χ4n) is 2.17. The molecule has 4 nitrogen and oxygen atoms in total. The normalized spacial score (nSPS) is 16.5. The number of hydrogen-bond donors (Lipinski definition) is 1. The maximum Gasteiger partial charge on any atom is 0.243 e. The molecule has 0 amide bonds. The Labute approximate surface area is 113 Å². The van der Waals surface area contributed by atoms with Crippen molar-refractivity contribution in [2.75, 3.05) is 0 Å². The van der Waals surface area contributed by atoms with Crippen LogP contribution in [0, 0.1) is 5.92 Å². The summed E-state index contributed by atoms with van der Waals surface area (Å²) < 4.78 is 5.26. The molecular weight excluding hydrogens is 238 g/mol. The lowest BCUT2D eigenvalue weighted by atomic mass is 10.1. The van der Waals surface area contributed by atoms with Crippen LogP contribution in [-0.2, 0) is 12.8 Å². The van der Waals surface area contributed by atoms with Crippen molar-refractivity contribution < 1.29 is 4.52 Å². The number of aromatic nitrogens is 2. The first-order valence-electron chi connectivity index (χ1n) is 6.93. The number of nitrogens with two attached hydrogens (primary N) is 1. The smallest absolute Gasteiger partial charge is 0.243 e. The van der Waals surface area contributed by atoms with Crippen LogP contribution in [0.1, 0.15) is 42.6 Å². The largest absolute Gasteiger partial charge is 0.338 e. The second-order valence-corrected chi connectivity index (χ2v) is 5.33. The molecule has 1 saturated carbocycles. The van der Waals surface area contributed by atoms with Gasteiger partial charge in [0.1, 0.15) is 0 Å². The van der Waals surface area contributed by atoms with Gasteiger partial charge in [0.15, 0.2) is 5.82 Å². The molecule has 0 radical (unpaired) electrons. The Morgan fingerprint density at radius 3 is 2.79 bits per heavy atom. The van der Waals surface area contributed by atoms with Crippen LogP contribution in [0.5, 0.6) is 0 Å². The van der Waals surface area contributed by atoms with Gasteiger partial charge in [0, 0.05) is 6.42 Å². The number of aryl methyl sites for hydroxylation is 1. The average molecular weight is 257 g/mol. The van der Waals surface area contributed by atoms with Gasteiger partial charge in [-0.1, -0.05) is 35.5 Å². The van der Waals surface area contributed by atoms with Gasteiger partial charge in [0.25, 0.3) is 0 Å². The van der Waals surface area contributed by atoms with Gasteiger partial charge >= 0.3 is 0 Å². The van der Waals surface area contributed by atoms with Crippen LogP contribution < -0.4 is 5.73 Å². The van der Waals surface area contributed by atoms with Crippen LogP contribution in [0.25, 0.3) is 0 Å². The second-order valence-electron chi connectivity index (χ2n) is 5.33. The number of nitrogens with zero attached hydrogens (tertiary/aromatic N) is 2. The predicted molar refractivity (Wildman–Crippen MR) is 72.4 cm³/mol. The number of benzene rings is 1. The van der Waals surface area contributed by atoms with Crippen LogP contribution in [0.4, 0.5) is 0 Å². The van der Waals surface area contributed by atoms with E-state index in [-0.39, 0.29) is 6.04 Å². The first kappa shape index (κ1) is 12.4. The van der Waals surface area contributed by atoms with E-state index in [1.54, 1.807) is 0 Å². The third kappa shape index (κ3) is 3.41. The lowest BCUT2D eigenvalue weighted by Crippen LogP contribution is -2.12. The van der Waals surface area contributed by atoms with E-state index in [0.717, 1.165) is 31.0 Å². The monoisotopic (exact) mass is 257 g/mol. The van der Waals surface area contributed by atoms with Crippen molar-refractivity contribution in [2.45, 2.75) is 38.1 Å². The third-order valence-electron chi connectivity index (χ3n) is 3.56. The molecule has 2 aromatic rings. The molecule has 1 heterocycles. The molecule has 0 saturated heterocycles. The van der Waals surface area contributed by atoms with Crippen molar-refractivity contribution in [1.82, 2.24) is 10.1 Å². The average Bonchev–Trinajstić information content (AvgIpc) is 3.13. The minimum atomic E-state index is -0.166. The van der Waals surface area contributed by atoms with E-state index in [1.807, 2.05) is 18.2 Å². The summed E-state index contributed by atoms with van der Waals surface area (Å²) in [6.45, 7) is 0. The van der Waals surface area contributed by atoms with Gasteiger partial charge < -0.3 is 10.3 Å². The Kier molecular flexibility index (Phi) is 3.60. The molecule has 100 valence electrons. The lowest BCUT2D eigenvalue weighted by molar-refractivity contribution is 0.344. The van der Waals surface area contributed by atoms with E-state index in [1.165, 1.54) is 18.4 Å². The molecular formula is C15H19N3O. The van der Waals surface area contributed by atoms with Gasteiger partial charge in [0.05, 0.1) is 6.04 Å². The van der Waals surface area contributed by atoms with Gasteiger partial charge in [-0.25, -0.2) is 0 Å². The van der Waals surface area contributed by atoms with Gasteiger partial charge in [-0.15, -0.1) is 0 Å². The molecule has 4 heteroatoms. The summed E-state index contributed by atoms with van der Waals surface area (Å²) in [5, 5.41) is 4.01. The van der Waals surface area contributed by atoms with E-state index in [0.29, 0.717) is 5.89 Å². The Bertz CT molecular complexity index is 519. The fourth-order valence-corrected chi connectivity index (χ4v) is 2.17. The Morgan fingerprint density at radius 1 is 1.26 bits per heavy atom. The highest BCUT2D eigenvalue weighted by Gasteiger charge is 2.24. The zero-order valence-corrected chi connectivity index (χ0v) is 11.0. The molecule has 0 bridgehead atoms. The van der Waals surface area contributed by atoms with Crippen molar-refractivity contribution >= 4 is 0 Å². The third-order valence-corrected chi connectivity index (χ3v) is 3.56. The molecule has 0 aliphatic heterocycles. The summed E-state index contributed by atoms with van der Waals surface area (Å²) in [5.41, 5.74) is 7.39. The molecule has 1 fully saturated rings. The van der Waals surface area contributed by atoms with Crippen LogP contribution >= 0.6 is 0 Å². The Morgan fingerprint density at radius 2 is 2.05 bits per heavy atom. The van der Waals surface area contributed by atoms with E-state index in [2.05, 4.69) is 22.3 Å². The minimum absolute atomic E-state index is 0.166. The van der Waals surface area contributed by atoms with Gasteiger partial charge in [-0.05, 0) is 37.2 Å². The summed E-state index contributed by atoms with van der Waals surface area (Å²) >= 11 is 0. The van der Waals surface area contributed by atoms with Crippen molar-refractivity contribution in [2.24, 2.45) is 11.7 Å². The summed E-state index contributed by atoms with van der Waals surface area (Å²) in [5.74, 6) is 2.16. The SMILES string of the molecule is NC(CCc1ccccc1)c1nc(CC2CC2)no1. The van der Waals surface area contributed by atoms with Crippen LogP contribution in [0.3, 0.4) is 0 Å². The van der Waals surface area contributed by atoms with Gasteiger partial charge in [-0.3, -0.25) is 0 Å². The maximum absolute atomic E-state index is 6.11. The quantitative estimate of drug-likeness (QED) is 0.864. The molecule has 1 atom stereocenters. The Hall–Kier alpha value is -1.68. The summed E-state index contributed by atoms with van der Waals surface area (Å²) in [7, 11) is 0. The molecule has 1 aliphatic carbocycles. The molecule has 1 aromatic carbocycles. The fraction of sp³-hybridized carbons (Fsp3) is 0.467.